The molecule has 0 aliphatic rings. The van der Waals surface area contributed by atoms with E-state index in [0.717, 1.165) is 0 Å². The molecule has 0 saturated carbocycles. The van der Waals surface area contributed by atoms with Crippen LogP contribution in [0.1, 0.15) is 13.3 Å². The van der Waals surface area contributed by atoms with Crippen LogP contribution >= 0.6 is 11.6 Å². The lowest BCUT2D eigenvalue weighted by atomic mass is 10.2. The van der Waals surface area contributed by atoms with Crippen molar-refractivity contribution in [1.82, 2.24) is 0 Å². The van der Waals surface area contributed by atoms with E-state index in [1.54, 1.807) is 6.92 Å². The lowest BCUT2D eigenvalue weighted by Gasteiger charge is -2.08. The van der Waals surface area contributed by atoms with E-state index in [9.17, 15) is 9.59 Å². The highest BCUT2D eigenvalue weighted by Gasteiger charge is 2.18. The molecule has 0 radical (unpaired) electrons. The van der Waals surface area contributed by atoms with Gasteiger partial charge in [0.2, 0.25) is 0 Å². The Morgan fingerprint density at radius 1 is 1.46 bits per heavy atom. The van der Waals surface area contributed by atoms with E-state index in [1.807, 2.05) is 0 Å². The van der Waals surface area contributed by atoms with Gasteiger partial charge in [-0.3, -0.25) is 9.59 Å². The third-order valence-corrected chi connectivity index (χ3v) is 1.30. The SMILES string of the molecule is CCOC(=O)[C@@H](N)CC(=O)OCCl. The van der Waals surface area contributed by atoms with Crippen LogP contribution in [0.2, 0.25) is 0 Å². The normalized spacial score (nSPS) is 11.9. The summed E-state index contributed by atoms with van der Waals surface area (Å²) in [5, 5.41) is 0. The first-order valence-corrected chi connectivity index (χ1v) is 4.29. The molecule has 0 aromatic heterocycles. The van der Waals surface area contributed by atoms with Gasteiger partial charge in [-0.25, -0.2) is 0 Å². The van der Waals surface area contributed by atoms with Crippen molar-refractivity contribution in [3.63, 3.8) is 0 Å². The van der Waals surface area contributed by atoms with Crippen LogP contribution in [0.5, 0.6) is 0 Å². The van der Waals surface area contributed by atoms with Crippen molar-refractivity contribution in [2.24, 2.45) is 5.73 Å². The van der Waals surface area contributed by atoms with Crippen LogP contribution in [0.25, 0.3) is 0 Å². The Bertz CT molecular complexity index is 185. The predicted octanol–water partition coefficient (Wildman–Crippen LogP) is 0.00640. The first-order chi connectivity index (χ1) is 6.11. The van der Waals surface area contributed by atoms with Gasteiger partial charge in [-0.05, 0) is 6.92 Å². The van der Waals surface area contributed by atoms with Crippen molar-refractivity contribution in [2.75, 3.05) is 12.7 Å². The van der Waals surface area contributed by atoms with Gasteiger partial charge in [0, 0.05) is 0 Å². The standard InChI is InChI=1S/C7H12ClNO4/c1-2-12-7(11)5(9)3-6(10)13-4-8/h5H,2-4,9H2,1H3/t5-/m0/s1. The Labute approximate surface area is 81.1 Å². The molecule has 2 N–H and O–H groups in total. The molecule has 13 heavy (non-hydrogen) atoms. The second kappa shape index (κ2) is 6.68. The highest BCUT2D eigenvalue weighted by Crippen LogP contribution is 1.95. The minimum atomic E-state index is -0.976. The number of alkyl halides is 1. The summed E-state index contributed by atoms with van der Waals surface area (Å²) in [4.78, 5) is 21.7. The van der Waals surface area contributed by atoms with E-state index in [2.05, 4.69) is 9.47 Å². The quantitative estimate of drug-likeness (QED) is 0.510. The van der Waals surface area contributed by atoms with Gasteiger partial charge < -0.3 is 15.2 Å². The van der Waals surface area contributed by atoms with Gasteiger partial charge in [-0.15, -0.1) is 0 Å². The summed E-state index contributed by atoms with van der Waals surface area (Å²) in [7, 11) is 0. The van der Waals surface area contributed by atoms with Crippen molar-refractivity contribution in [3.8, 4) is 0 Å². The Kier molecular flexibility index (Phi) is 6.26. The van der Waals surface area contributed by atoms with Gasteiger partial charge in [-0.2, -0.15) is 0 Å². The number of esters is 2. The molecule has 0 saturated heterocycles. The molecule has 5 nitrogen and oxygen atoms in total. The van der Waals surface area contributed by atoms with Crippen LogP contribution in [0, 0.1) is 0 Å². The molecule has 76 valence electrons. The Morgan fingerprint density at radius 3 is 2.54 bits per heavy atom. The number of carbonyl (C=O) groups excluding carboxylic acids is 2. The Morgan fingerprint density at radius 2 is 2.08 bits per heavy atom. The van der Waals surface area contributed by atoms with Gasteiger partial charge in [-0.1, -0.05) is 11.6 Å². The zero-order valence-corrected chi connectivity index (χ0v) is 8.04. The summed E-state index contributed by atoms with van der Waals surface area (Å²) in [5.41, 5.74) is 5.32. The molecule has 0 spiro atoms. The van der Waals surface area contributed by atoms with Crippen LogP contribution < -0.4 is 5.73 Å². The first kappa shape index (κ1) is 12.2. The summed E-state index contributed by atoms with van der Waals surface area (Å²) in [5.74, 6) is -1.23. The van der Waals surface area contributed by atoms with Crippen molar-refractivity contribution in [3.05, 3.63) is 0 Å². The number of ether oxygens (including phenoxy) is 2. The number of carbonyl (C=O) groups is 2. The van der Waals surface area contributed by atoms with Gasteiger partial charge in [0.1, 0.15) is 6.04 Å². The van der Waals surface area contributed by atoms with Crippen LogP contribution in [-0.2, 0) is 19.1 Å². The molecule has 0 aromatic carbocycles. The van der Waals surface area contributed by atoms with E-state index >= 15 is 0 Å². The van der Waals surface area contributed by atoms with Gasteiger partial charge in [0.15, 0.2) is 6.07 Å². The molecule has 0 amide bonds. The maximum absolute atomic E-state index is 10.9. The second-order valence-corrected chi connectivity index (χ2v) is 2.41. The van der Waals surface area contributed by atoms with Crippen molar-refractivity contribution >= 4 is 23.5 Å². The summed E-state index contributed by atoms with van der Waals surface area (Å²) in [6, 6.07) is -1.22. The van der Waals surface area contributed by atoms with Gasteiger partial charge in [0.25, 0.3) is 0 Å². The van der Waals surface area contributed by atoms with E-state index < -0.39 is 18.0 Å². The highest BCUT2D eigenvalue weighted by atomic mass is 35.5. The number of halogens is 1. The molecule has 6 heteroatoms. The predicted molar refractivity (Wildman–Crippen MR) is 46.0 cm³/mol. The minimum Gasteiger partial charge on any atom is -0.465 e. The average Bonchev–Trinajstić information content (AvgIpc) is 2.05. The topological polar surface area (TPSA) is 78.6 Å². The smallest absolute Gasteiger partial charge is 0.323 e. The maximum Gasteiger partial charge on any atom is 0.323 e. The third kappa shape index (κ3) is 5.43. The summed E-state index contributed by atoms with van der Waals surface area (Å²) < 4.78 is 8.96. The molecule has 1 atom stereocenters. The largest absolute Gasteiger partial charge is 0.465 e. The zero-order chi connectivity index (χ0) is 10.3. The second-order valence-electron chi connectivity index (χ2n) is 2.19. The highest BCUT2D eigenvalue weighted by molar-refractivity contribution is 6.17. The molecule has 0 aromatic rings. The maximum atomic E-state index is 10.9. The molecule has 0 aliphatic heterocycles. The fourth-order valence-corrected chi connectivity index (χ4v) is 0.754. The Hall–Kier alpha value is -0.810. The lowest BCUT2D eigenvalue weighted by molar-refractivity contribution is -0.150. The van der Waals surface area contributed by atoms with Crippen LogP contribution in [-0.4, -0.2) is 30.7 Å². The van der Waals surface area contributed by atoms with E-state index in [-0.39, 0.29) is 19.1 Å². The van der Waals surface area contributed by atoms with Crippen LogP contribution in [0.4, 0.5) is 0 Å². The summed E-state index contributed by atoms with van der Waals surface area (Å²) in [6.45, 7) is 1.89. The van der Waals surface area contributed by atoms with Crippen LogP contribution in [0.15, 0.2) is 0 Å². The first-order valence-electron chi connectivity index (χ1n) is 3.75. The summed E-state index contributed by atoms with van der Waals surface area (Å²) in [6.07, 6.45) is -0.217. The van der Waals surface area contributed by atoms with E-state index in [1.165, 1.54) is 0 Å². The van der Waals surface area contributed by atoms with Gasteiger partial charge in [0.05, 0.1) is 13.0 Å². The van der Waals surface area contributed by atoms with Gasteiger partial charge >= 0.3 is 11.9 Å². The molecule has 0 bridgehead atoms. The minimum absolute atomic E-state index is 0.217. The van der Waals surface area contributed by atoms with Crippen molar-refractivity contribution in [2.45, 2.75) is 19.4 Å². The van der Waals surface area contributed by atoms with Crippen molar-refractivity contribution in [1.29, 1.82) is 0 Å². The fraction of sp³-hybridized carbons (Fsp3) is 0.714. The molecule has 0 rings (SSSR count). The zero-order valence-electron chi connectivity index (χ0n) is 7.29. The van der Waals surface area contributed by atoms with E-state index in [4.69, 9.17) is 17.3 Å². The number of hydrogen-bond donors (Lipinski definition) is 1. The lowest BCUT2D eigenvalue weighted by Crippen LogP contribution is -2.34. The average molecular weight is 210 g/mol. The molecule has 0 unspecified atom stereocenters. The summed E-state index contributed by atoms with van der Waals surface area (Å²) >= 11 is 5.12. The molecule has 0 fully saturated rings. The molecular weight excluding hydrogens is 198 g/mol. The molecule has 0 heterocycles. The number of nitrogens with two attached hydrogens (primary N) is 1. The van der Waals surface area contributed by atoms with Crippen LogP contribution in [0.3, 0.4) is 0 Å². The Balaban J connectivity index is 3.78. The monoisotopic (exact) mass is 209 g/mol. The number of hydrogen-bond acceptors (Lipinski definition) is 5. The molecule has 0 aliphatic carbocycles. The van der Waals surface area contributed by atoms with Crippen molar-refractivity contribution < 1.29 is 19.1 Å². The number of rotatable bonds is 5. The molecular formula is C7H12ClNO4. The van der Waals surface area contributed by atoms with E-state index in [0.29, 0.717) is 0 Å². The third-order valence-electron chi connectivity index (χ3n) is 1.19. The fourth-order valence-electron chi connectivity index (χ4n) is 0.632.